The number of anilines is 2. The Bertz CT molecular complexity index is 543. The van der Waals surface area contributed by atoms with Gasteiger partial charge in [-0.15, -0.1) is 0 Å². The van der Waals surface area contributed by atoms with Crippen LogP contribution in [0.15, 0.2) is 35.5 Å². The summed E-state index contributed by atoms with van der Waals surface area (Å²) in [5.74, 6) is 0.715. The smallest absolute Gasteiger partial charge is 0.190 e. The largest absolute Gasteiger partial charge is 0.340 e. The van der Waals surface area contributed by atoms with Gasteiger partial charge in [-0.3, -0.25) is 0 Å². The first-order valence-corrected chi connectivity index (χ1v) is 7.76. The number of thioether (sulfide) groups is 1. The lowest BCUT2D eigenvalue weighted by Gasteiger charge is -2.08. The summed E-state index contributed by atoms with van der Waals surface area (Å²) in [6, 6.07) is 10.1. The number of halogens is 1. The first-order chi connectivity index (χ1) is 9.21. The van der Waals surface area contributed by atoms with E-state index in [2.05, 4.69) is 46.5 Å². The molecule has 0 aliphatic rings. The minimum absolute atomic E-state index is 0.449. The molecule has 0 amide bonds. The number of rotatable bonds is 5. The van der Waals surface area contributed by atoms with E-state index < -0.39 is 0 Å². The van der Waals surface area contributed by atoms with Crippen LogP contribution in [-0.2, 0) is 6.42 Å². The Balaban J connectivity index is 2.14. The summed E-state index contributed by atoms with van der Waals surface area (Å²) in [4.78, 5) is 8.47. The molecule has 0 atom stereocenters. The maximum atomic E-state index is 5.96. The van der Waals surface area contributed by atoms with Crippen LogP contribution < -0.4 is 5.32 Å². The average Bonchev–Trinajstić information content (AvgIpc) is 2.40. The third-order valence-corrected chi connectivity index (χ3v) is 3.36. The fraction of sp³-hybridized carbons (Fsp3) is 0.286. The molecular weight excluding hydrogens is 278 g/mol. The van der Waals surface area contributed by atoms with Gasteiger partial charge in [0.25, 0.3) is 0 Å². The molecule has 0 unspecified atom stereocenters. The molecular formula is C14H16ClN3S. The van der Waals surface area contributed by atoms with Crippen LogP contribution in [0.2, 0.25) is 5.15 Å². The Labute approximate surface area is 122 Å². The highest BCUT2D eigenvalue weighted by molar-refractivity contribution is 7.98. The number of benzene rings is 1. The number of nitrogens with one attached hydrogen (secondary N) is 1. The van der Waals surface area contributed by atoms with Gasteiger partial charge in [0.2, 0.25) is 0 Å². The van der Waals surface area contributed by atoms with Crippen LogP contribution in [0.4, 0.5) is 11.5 Å². The zero-order chi connectivity index (χ0) is 13.7. The first-order valence-electron chi connectivity index (χ1n) is 6.16. The summed E-state index contributed by atoms with van der Waals surface area (Å²) >= 11 is 7.43. The number of hydrogen-bond acceptors (Lipinski definition) is 4. The molecule has 0 aliphatic carbocycles. The predicted octanol–water partition coefficient (Wildman–Crippen LogP) is 4.55. The maximum Gasteiger partial charge on any atom is 0.190 e. The third-order valence-electron chi connectivity index (χ3n) is 2.62. The van der Waals surface area contributed by atoms with Crippen LogP contribution >= 0.6 is 23.4 Å². The normalized spacial score (nSPS) is 10.5. The van der Waals surface area contributed by atoms with E-state index in [4.69, 9.17) is 11.6 Å². The van der Waals surface area contributed by atoms with Crippen molar-refractivity contribution in [2.75, 3.05) is 11.6 Å². The number of aromatic nitrogens is 2. The van der Waals surface area contributed by atoms with Crippen LogP contribution in [0.5, 0.6) is 0 Å². The van der Waals surface area contributed by atoms with Crippen molar-refractivity contribution in [2.24, 2.45) is 0 Å². The Hall–Kier alpha value is -1.26. The highest BCUT2D eigenvalue weighted by atomic mass is 35.5. The van der Waals surface area contributed by atoms with Gasteiger partial charge in [0.1, 0.15) is 11.0 Å². The summed E-state index contributed by atoms with van der Waals surface area (Å²) in [6.07, 6.45) is 4.19. The Morgan fingerprint density at radius 1 is 1.21 bits per heavy atom. The van der Waals surface area contributed by atoms with Gasteiger partial charge in [0.05, 0.1) is 0 Å². The Morgan fingerprint density at radius 3 is 2.58 bits per heavy atom. The second-order valence-electron chi connectivity index (χ2n) is 4.13. The highest BCUT2D eigenvalue weighted by Gasteiger charge is 2.03. The van der Waals surface area contributed by atoms with Gasteiger partial charge in [0.15, 0.2) is 5.16 Å². The van der Waals surface area contributed by atoms with Crippen molar-refractivity contribution in [3.05, 3.63) is 41.0 Å². The van der Waals surface area contributed by atoms with E-state index in [-0.39, 0.29) is 0 Å². The maximum absolute atomic E-state index is 5.96. The van der Waals surface area contributed by atoms with Gasteiger partial charge in [-0.2, -0.15) is 0 Å². The Morgan fingerprint density at radius 2 is 1.95 bits per heavy atom. The SMILES string of the molecule is CCCc1ccc(Nc2cc(Cl)nc(SC)n2)cc1. The van der Waals surface area contributed by atoms with Crippen LogP contribution in [-0.4, -0.2) is 16.2 Å². The van der Waals surface area contributed by atoms with Gasteiger partial charge < -0.3 is 5.32 Å². The second kappa shape index (κ2) is 6.78. The fourth-order valence-corrected chi connectivity index (χ4v) is 2.36. The first kappa shape index (κ1) is 14.2. The lowest BCUT2D eigenvalue weighted by molar-refractivity contribution is 0.922. The molecule has 1 N–H and O–H groups in total. The summed E-state index contributed by atoms with van der Waals surface area (Å²) in [7, 11) is 0. The molecule has 1 aromatic carbocycles. The minimum atomic E-state index is 0.449. The molecule has 0 saturated heterocycles. The van der Waals surface area contributed by atoms with Crippen LogP contribution in [0.1, 0.15) is 18.9 Å². The molecule has 0 radical (unpaired) electrons. The Kier molecular flexibility index (Phi) is 5.05. The molecule has 5 heteroatoms. The third kappa shape index (κ3) is 4.11. The number of aryl methyl sites for hydroxylation is 1. The molecule has 0 saturated carbocycles. The monoisotopic (exact) mass is 293 g/mol. The standard InChI is InChI=1S/C14H16ClN3S/c1-3-4-10-5-7-11(8-6-10)16-13-9-12(15)17-14(18-13)19-2/h5-9H,3-4H2,1-2H3,(H,16,17,18). The van der Waals surface area contributed by atoms with Crippen LogP contribution in [0, 0.1) is 0 Å². The van der Waals surface area contributed by atoms with Crippen LogP contribution in [0.25, 0.3) is 0 Å². The van der Waals surface area contributed by atoms with E-state index in [1.54, 1.807) is 6.07 Å². The summed E-state index contributed by atoms with van der Waals surface area (Å²) in [5, 5.41) is 4.35. The lowest BCUT2D eigenvalue weighted by atomic mass is 10.1. The van der Waals surface area contributed by atoms with Crippen molar-refractivity contribution in [2.45, 2.75) is 24.9 Å². The number of hydrogen-bond donors (Lipinski definition) is 1. The zero-order valence-corrected chi connectivity index (χ0v) is 12.6. The fourth-order valence-electron chi connectivity index (χ4n) is 1.74. The zero-order valence-electron chi connectivity index (χ0n) is 11.0. The molecule has 0 spiro atoms. The quantitative estimate of drug-likeness (QED) is 0.499. The van der Waals surface area contributed by atoms with Crippen molar-refractivity contribution in [1.82, 2.24) is 9.97 Å². The van der Waals surface area contributed by atoms with Gasteiger partial charge in [-0.25, -0.2) is 9.97 Å². The molecule has 0 fully saturated rings. The molecule has 2 aromatic rings. The van der Waals surface area contributed by atoms with Crippen molar-refractivity contribution < 1.29 is 0 Å². The second-order valence-corrected chi connectivity index (χ2v) is 5.30. The predicted molar refractivity (Wildman–Crippen MR) is 82.5 cm³/mol. The summed E-state index contributed by atoms with van der Waals surface area (Å²) in [6.45, 7) is 2.18. The van der Waals surface area contributed by atoms with Gasteiger partial charge >= 0.3 is 0 Å². The molecule has 0 aliphatic heterocycles. The van der Waals surface area contributed by atoms with Gasteiger partial charge in [-0.05, 0) is 30.4 Å². The summed E-state index contributed by atoms with van der Waals surface area (Å²) in [5.41, 5.74) is 2.35. The summed E-state index contributed by atoms with van der Waals surface area (Å²) < 4.78 is 0. The van der Waals surface area contributed by atoms with E-state index in [1.807, 2.05) is 6.26 Å². The molecule has 19 heavy (non-hydrogen) atoms. The molecule has 100 valence electrons. The lowest BCUT2D eigenvalue weighted by Crippen LogP contribution is -1.97. The van der Waals surface area contributed by atoms with Crippen LogP contribution in [0.3, 0.4) is 0 Å². The van der Waals surface area contributed by atoms with E-state index in [0.717, 1.165) is 18.5 Å². The van der Waals surface area contributed by atoms with Crippen molar-refractivity contribution in [3.63, 3.8) is 0 Å². The molecule has 2 rings (SSSR count). The van der Waals surface area contributed by atoms with E-state index >= 15 is 0 Å². The van der Waals surface area contributed by atoms with E-state index in [1.165, 1.54) is 17.3 Å². The van der Waals surface area contributed by atoms with Gasteiger partial charge in [0, 0.05) is 11.8 Å². The molecule has 1 aromatic heterocycles. The topological polar surface area (TPSA) is 37.8 Å². The van der Waals surface area contributed by atoms with Crippen molar-refractivity contribution >= 4 is 34.9 Å². The molecule has 0 bridgehead atoms. The van der Waals surface area contributed by atoms with E-state index in [9.17, 15) is 0 Å². The van der Waals surface area contributed by atoms with Crippen molar-refractivity contribution in [3.8, 4) is 0 Å². The van der Waals surface area contributed by atoms with Gasteiger partial charge in [-0.1, -0.05) is 48.8 Å². The molecule has 1 heterocycles. The van der Waals surface area contributed by atoms with E-state index in [0.29, 0.717) is 16.1 Å². The van der Waals surface area contributed by atoms with Crippen molar-refractivity contribution in [1.29, 1.82) is 0 Å². The minimum Gasteiger partial charge on any atom is -0.340 e. The number of nitrogens with zero attached hydrogens (tertiary/aromatic N) is 2. The average molecular weight is 294 g/mol. The molecule has 3 nitrogen and oxygen atoms in total. The highest BCUT2D eigenvalue weighted by Crippen LogP contribution is 2.21.